The molecule has 1 heterocycles. The maximum absolute atomic E-state index is 11.6. The van der Waals surface area contributed by atoms with E-state index in [1.165, 1.54) is 17.5 Å². The molecule has 80 valence electrons. The molecule has 1 saturated heterocycles. The summed E-state index contributed by atoms with van der Waals surface area (Å²) in [6, 6.07) is 8.39. The van der Waals surface area contributed by atoms with Crippen molar-refractivity contribution in [3.63, 3.8) is 0 Å². The lowest BCUT2D eigenvalue weighted by molar-refractivity contribution is -0.134. The van der Waals surface area contributed by atoms with Crippen LogP contribution in [0, 0.1) is 6.92 Å². The Morgan fingerprint density at radius 3 is 2.80 bits per heavy atom. The molecule has 0 aromatic heterocycles. The zero-order valence-corrected chi connectivity index (χ0v) is 9.20. The van der Waals surface area contributed by atoms with Crippen molar-refractivity contribution in [1.29, 1.82) is 0 Å². The number of carbonyl (C=O) groups excluding carboxylic acids is 1. The standard InChI is InChI=1S/C13H17NO/c1-11-4-2-5-12(10-11)6-7-13(15)14-8-3-9-14/h2,4-5,10H,3,6-9H2,1H3. The van der Waals surface area contributed by atoms with E-state index in [-0.39, 0.29) is 0 Å². The lowest BCUT2D eigenvalue weighted by Crippen LogP contribution is -2.42. The van der Waals surface area contributed by atoms with Gasteiger partial charge in [-0.25, -0.2) is 0 Å². The Morgan fingerprint density at radius 2 is 2.20 bits per heavy atom. The largest absolute Gasteiger partial charge is 0.343 e. The van der Waals surface area contributed by atoms with Crippen LogP contribution in [0.1, 0.15) is 24.0 Å². The summed E-state index contributed by atoms with van der Waals surface area (Å²) in [7, 11) is 0. The van der Waals surface area contributed by atoms with E-state index in [4.69, 9.17) is 0 Å². The molecule has 1 aromatic rings. The third-order valence-electron chi connectivity index (χ3n) is 2.92. The van der Waals surface area contributed by atoms with E-state index in [0.29, 0.717) is 12.3 Å². The first-order valence-corrected chi connectivity index (χ1v) is 5.59. The molecule has 0 spiro atoms. The van der Waals surface area contributed by atoms with Gasteiger partial charge in [0.1, 0.15) is 0 Å². The SMILES string of the molecule is Cc1cccc(CCC(=O)N2CCC2)c1. The Labute approximate surface area is 90.9 Å². The highest BCUT2D eigenvalue weighted by Gasteiger charge is 2.19. The Kier molecular flexibility index (Phi) is 3.05. The Balaban J connectivity index is 1.84. The fourth-order valence-electron chi connectivity index (χ4n) is 1.84. The first kappa shape index (κ1) is 10.2. The first-order chi connectivity index (χ1) is 7.25. The van der Waals surface area contributed by atoms with Crippen molar-refractivity contribution in [1.82, 2.24) is 4.90 Å². The van der Waals surface area contributed by atoms with E-state index in [1.54, 1.807) is 0 Å². The van der Waals surface area contributed by atoms with Gasteiger partial charge in [0, 0.05) is 19.5 Å². The third-order valence-corrected chi connectivity index (χ3v) is 2.92. The summed E-state index contributed by atoms with van der Waals surface area (Å²) in [6.45, 7) is 4.01. The van der Waals surface area contributed by atoms with Gasteiger partial charge in [0.15, 0.2) is 0 Å². The first-order valence-electron chi connectivity index (χ1n) is 5.59. The number of hydrogen-bond acceptors (Lipinski definition) is 1. The number of carbonyl (C=O) groups is 1. The highest BCUT2D eigenvalue weighted by atomic mass is 16.2. The van der Waals surface area contributed by atoms with Gasteiger partial charge in [0.2, 0.25) is 5.91 Å². The van der Waals surface area contributed by atoms with Crippen LogP contribution in [0.3, 0.4) is 0 Å². The van der Waals surface area contributed by atoms with Crippen molar-refractivity contribution < 1.29 is 4.79 Å². The Morgan fingerprint density at radius 1 is 1.40 bits per heavy atom. The molecule has 2 heteroatoms. The fraction of sp³-hybridized carbons (Fsp3) is 0.462. The van der Waals surface area contributed by atoms with Crippen molar-refractivity contribution in [3.05, 3.63) is 35.4 Å². The summed E-state index contributed by atoms with van der Waals surface area (Å²) in [4.78, 5) is 13.5. The summed E-state index contributed by atoms with van der Waals surface area (Å²) in [5.74, 6) is 0.308. The van der Waals surface area contributed by atoms with E-state index in [1.807, 2.05) is 4.90 Å². The molecule has 0 saturated carbocycles. The molecular formula is C13H17NO. The molecule has 1 amide bonds. The molecule has 0 atom stereocenters. The van der Waals surface area contributed by atoms with Crippen molar-refractivity contribution in [2.24, 2.45) is 0 Å². The van der Waals surface area contributed by atoms with Crippen molar-refractivity contribution in [3.8, 4) is 0 Å². The molecule has 1 aromatic carbocycles. The minimum Gasteiger partial charge on any atom is -0.343 e. The minimum atomic E-state index is 0.308. The summed E-state index contributed by atoms with van der Waals surface area (Å²) < 4.78 is 0. The van der Waals surface area contributed by atoms with Gasteiger partial charge in [-0.05, 0) is 25.3 Å². The second-order valence-corrected chi connectivity index (χ2v) is 4.22. The van der Waals surface area contributed by atoms with Crippen molar-refractivity contribution >= 4 is 5.91 Å². The van der Waals surface area contributed by atoms with Crippen molar-refractivity contribution in [2.75, 3.05) is 13.1 Å². The number of likely N-dealkylation sites (tertiary alicyclic amines) is 1. The van der Waals surface area contributed by atoms with Gasteiger partial charge in [-0.2, -0.15) is 0 Å². The number of aryl methyl sites for hydroxylation is 2. The normalized spacial score (nSPS) is 14.9. The lowest BCUT2D eigenvalue weighted by atomic mass is 10.1. The molecule has 2 rings (SSSR count). The summed E-state index contributed by atoms with van der Waals surface area (Å²) in [5.41, 5.74) is 2.53. The minimum absolute atomic E-state index is 0.308. The molecule has 2 nitrogen and oxygen atoms in total. The van der Waals surface area contributed by atoms with Crippen LogP contribution in [0.5, 0.6) is 0 Å². The number of amides is 1. The van der Waals surface area contributed by atoms with Crippen LogP contribution in [-0.2, 0) is 11.2 Å². The molecule has 0 radical (unpaired) electrons. The molecular weight excluding hydrogens is 186 g/mol. The van der Waals surface area contributed by atoms with Gasteiger partial charge in [-0.15, -0.1) is 0 Å². The van der Waals surface area contributed by atoms with Crippen molar-refractivity contribution in [2.45, 2.75) is 26.2 Å². The number of nitrogens with zero attached hydrogens (tertiary/aromatic N) is 1. The fourth-order valence-corrected chi connectivity index (χ4v) is 1.84. The zero-order chi connectivity index (χ0) is 10.7. The van der Waals surface area contributed by atoms with Gasteiger partial charge < -0.3 is 4.90 Å². The van der Waals surface area contributed by atoms with Gasteiger partial charge in [-0.3, -0.25) is 4.79 Å². The second kappa shape index (κ2) is 4.47. The Bertz CT molecular complexity index is 355. The van der Waals surface area contributed by atoms with E-state index in [0.717, 1.165) is 19.5 Å². The highest BCUT2D eigenvalue weighted by molar-refractivity contribution is 5.77. The number of benzene rings is 1. The van der Waals surface area contributed by atoms with Gasteiger partial charge in [0.25, 0.3) is 0 Å². The van der Waals surface area contributed by atoms with Crippen LogP contribution >= 0.6 is 0 Å². The molecule has 0 unspecified atom stereocenters. The summed E-state index contributed by atoms with van der Waals surface area (Å²) in [6.07, 6.45) is 2.71. The third kappa shape index (κ3) is 2.58. The lowest BCUT2D eigenvalue weighted by Gasteiger charge is -2.30. The van der Waals surface area contributed by atoms with Crippen LogP contribution in [0.15, 0.2) is 24.3 Å². The smallest absolute Gasteiger partial charge is 0.222 e. The quantitative estimate of drug-likeness (QED) is 0.737. The maximum Gasteiger partial charge on any atom is 0.222 e. The van der Waals surface area contributed by atoms with Crippen LogP contribution in [-0.4, -0.2) is 23.9 Å². The van der Waals surface area contributed by atoms with Crippen LogP contribution in [0.4, 0.5) is 0 Å². The molecule has 0 aliphatic carbocycles. The van der Waals surface area contributed by atoms with Gasteiger partial charge in [-0.1, -0.05) is 29.8 Å². The summed E-state index contributed by atoms with van der Waals surface area (Å²) in [5, 5.41) is 0. The zero-order valence-electron chi connectivity index (χ0n) is 9.20. The molecule has 15 heavy (non-hydrogen) atoms. The van der Waals surface area contributed by atoms with E-state index < -0.39 is 0 Å². The van der Waals surface area contributed by atoms with Gasteiger partial charge in [0.05, 0.1) is 0 Å². The van der Waals surface area contributed by atoms with E-state index in [2.05, 4.69) is 31.2 Å². The van der Waals surface area contributed by atoms with E-state index >= 15 is 0 Å². The number of rotatable bonds is 3. The molecule has 1 aliphatic heterocycles. The number of hydrogen-bond donors (Lipinski definition) is 0. The van der Waals surface area contributed by atoms with Crippen LogP contribution in [0.2, 0.25) is 0 Å². The monoisotopic (exact) mass is 203 g/mol. The average Bonchev–Trinajstić information content (AvgIpc) is 2.12. The maximum atomic E-state index is 11.6. The highest BCUT2D eigenvalue weighted by Crippen LogP contribution is 2.11. The molecule has 0 bridgehead atoms. The van der Waals surface area contributed by atoms with Crippen LogP contribution in [0.25, 0.3) is 0 Å². The topological polar surface area (TPSA) is 20.3 Å². The van der Waals surface area contributed by atoms with Gasteiger partial charge >= 0.3 is 0 Å². The predicted octanol–water partition coefficient (Wildman–Crippen LogP) is 2.16. The Hall–Kier alpha value is -1.31. The molecule has 1 aliphatic rings. The summed E-state index contributed by atoms with van der Waals surface area (Å²) >= 11 is 0. The van der Waals surface area contributed by atoms with Crippen LogP contribution < -0.4 is 0 Å². The molecule has 1 fully saturated rings. The van der Waals surface area contributed by atoms with E-state index in [9.17, 15) is 4.79 Å². The predicted molar refractivity (Wildman–Crippen MR) is 60.7 cm³/mol. The average molecular weight is 203 g/mol. The second-order valence-electron chi connectivity index (χ2n) is 4.22. The molecule has 0 N–H and O–H groups in total.